The number of hydrogen-bond acceptors (Lipinski definition) is 4. The van der Waals surface area contributed by atoms with Gasteiger partial charge in [-0.05, 0) is 55.0 Å². The largest absolute Gasteiger partial charge is 0.497 e. The molecule has 5 heteroatoms. The Labute approximate surface area is 148 Å². The second kappa shape index (κ2) is 8.42. The van der Waals surface area contributed by atoms with Crippen LogP contribution in [0.3, 0.4) is 0 Å². The van der Waals surface area contributed by atoms with Crippen molar-refractivity contribution in [2.45, 2.75) is 19.3 Å². The van der Waals surface area contributed by atoms with E-state index in [0.29, 0.717) is 19.6 Å². The number of ether oxygens (including phenoxy) is 3. The lowest BCUT2D eigenvalue weighted by atomic mass is 10.3. The maximum absolute atomic E-state index is 11.7. The van der Waals surface area contributed by atoms with Crippen molar-refractivity contribution in [3.8, 4) is 17.2 Å². The van der Waals surface area contributed by atoms with E-state index in [1.807, 2.05) is 53.4 Å². The highest BCUT2D eigenvalue weighted by Crippen LogP contribution is 2.24. The molecule has 0 saturated carbocycles. The first-order valence-corrected chi connectivity index (χ1v) is 8.56. The van der Waals surface area contributed by atoms with Crippen LogP contribution in [0, 0.1) is 0 Å². The van der Waals surface area contributed by atoms with E-state index in [0.717, 1.165) is 42.3 Å². The van der Waals surface area contributed by atoms with Crippen LogP contribution in [0.2, 0.25) is 0 Å². The molecule has 2 aromatic rings. The number of hydrogen-bond donors (Lipinski definition) is 0. The van der Waals surface area contributed by atoms with Crippen molar-refractivity contribution in [2.75, 3.05) is 31.8 Å². The summed E-state index contributed by atoms with van der Waals surface area (Å²) < 4.78 is 16.5. The SMILES string of the molecule is COc1ccc(OCCCOc2ccc(N3CCCC3=O)cc2)cc1. The summed E-state index contributed by atoms with van der Waals surface area (Å²) in [5.74, 6) is 2.64. The standard InChI is InChI=1S/C20H23NO4/c1-23-17-9-11-19(12-10-17)25-15-3-14-24-18-7-5-16(6-8-18)21-13-2-4-20(21)22/h5-12H,2-4,13-15H2,1H3. The van der Waals surface area contributed by atoms with Gasteiger partial charge < -0.3 is 19.1 Å². The first-order chi connectivity index (χ1) is 12.3. The predicted octanol–water partition coefficient (Wildman–Crippen LogP) is 3.67. The van der Waals surface area contributed by atoms with E-state index in [9.17, 15) is 4.79 Å². The average molecular weight is 341 g/mol. The van der Waals surface area contributed by atoms with Crippen molar-refractivity contribution in [3.05, 3.63) is 48.5 Å². The smallest absolute Gasteiger partial charge is 0.227 e. The quantitative estimate of drug-likeness (QED) is 0.688. The Kier molecular flexibility index (Phi) is 5.77. The number of nitrogens with zero attached hydrogens (tertiary/aromatic N) is 1. The molecule has 25 heavy (non-hydrogen) atoms. The molecule has 0 bridgehead atoms. The Bertz CT molecular complexity index is 682. The molecule has 5 nitrogen and oxygen atoms in total. The van der Waals surface area contributed by atoms with E-state index in [1.54, 1.807) is 7.11 Å². The summed E-state index contributed by atoms with van der Waals surface area (Å²) in [6.45, 7) is 1.98. The maximum Gasteiger partial charge on any atom is 0.227 e. The number of rotatable bonds is 8. The molecule has 1 heterocycles. The Morgan fingerprint density at radius 2 is 1.44 bits per heavy atom. The fraction of sp³-hybridized carbons (Fsp3) is 0.350. The second-order valence-electron chi connectivity index (χ2n) is 5.87. The number of amides is 1. The second-order valence-corrected chi connectivity index (χ2v) is 5.87. The van der Waals surface area contributed by atoms with Crippen LogP contribution in [0.15, 0.2) is 48.5 Å². The van der Waals surface area contributed by atoms with Gasteiger partial charge in [-0.15, -0.1) is 0 Å². The molecule has 0 N–H and O–H groups in total. The molecule has 2 aromatic carbocycles. The molecule has 0 unspecified atom stereocenters. The van der Waals surface area contributed by atoms with Crippen molar-refractivity contribution in [3.63, 3.8) is 0 Å². The maximum atomic E-state index is 11.7. The van der Waals surface area contributed by atoms with Crippen LogP contribution in [0.25, 0.3) is 0 Å². The third-order valence-corrected chi connectivity index (χ3v) is 4.11. The van der Waals surface area contributed by atoms with Crippen molar-refractivity contribution < 1.29 is 19.0 Å². The van der Waals surface area contributed by atoms with Crippen LogP contribution < -0.4 is 19.1 Å². The zero-order valence-corrected chi connectivity index (χ0v) is 14.4. The van der Waals surface area contributed by atoms with E-state index in [2.05, 4.69) is 0 Å². The van der Waals surface area contributed by atoms with E-state index in [1.165, 1.54) is 0 Å². The summed E-state index contributed by atoms with van der Waals surface area (Å²) in [5.41, 5.74) is 0.942. The Morgan fingerprint density at radius 3 is 1.96 bits per heavy atom. The zero-order chi connectivity index (χ0) is 17.5. The van der Waals surface area contributed by atoms with Crippen molar-refractivity contribution in [1.29, 1.82) is 0 Å². The highest BCUT2D eigenvalue weighted by Gasteiger charge is 2.21. The molecular weight excluding hydrogens is 318 g/mol. The molecule has 0 spiro atoms. The van der Waals surface area contributed by atoms with Gasteiger partial charge in [-0.25, -0.2) is 0 Å². The summed E-state index contributed by atoms with van der Waals surface area (Å²) in [6.07, 6.45) is 2.37. The molecule has 1 saturated heterocycles. The third-order valence-electron chi connectivity index (χ3n) is 4.11. The fourth-order valence-electron chi connectivity index (χ4n) is 2.75. The summed E-state index contributed by atoms with van der Waals surface area (Å²) >= 11 is 0. The molecule has 1 amide bonds. The first-order valence-electron chi connectivity index (χ1n) is 8.56. The molecule has 1 aliphatic heterocycles. The van der Waals surface area contributed by atoms with Crippen molar-refractivity contribution in [1.82, 2.24) is 0 Å². The predicted molar refractivity (Wildman–Crippen MR) is 96.6 cm³/mol. The van der Waals surface area contributed by atoms with Gasteiger partial charge in [0.15, 0.2) is 0 Å². The fourth-order valence-corrected chi connectivity index (χ4v) is 2.75. The van der Waals surface area contributed by atoms with Crippen LogP contribution in [0.5, 0.6) is 17.2 Å². The van der Waals surface area contributed by atoms with E-state index in [-0.39, 0.29) is 5.91 Å². The van der Waals surface area contributed by atoms with Gasteiger partial charge in [0, 0.05) is 25.1 Å². The molecule has 3 rings (SSSR count). The molecule has 0 aromatic heterocycles. The first kappa shape index (κ1) is 17.1. The van der Waals surface area contributed by atoms with Gasteiger partial charge in [0.2, 0.25) is 5.91 Å². The minimum absolute atomic E-state index is 0.198. The Morgan fingerprint density at radius 1 is 0.880 bits per heavy atom. The highest BCUT2D eigenvalue weighted by atomic mass is 16.5. The normalized spacial score (nSPS) is 13.8. The molecule has 1 fully saturated rings. The van der Waals surface area contributed by atoms with Crippen LogP contribution in [0.4, 0.5) is 5.69 Å². The minimum Gasteiger partial charge on any atom is -0.497 e. The lowest BCUT2D eigenvalue weighted by molar-refractivity contribution is -0.117. The lowest BCUT2D eigenvalue weighted by Crippen LogP contribution is -2.23. The zero-order valence-electron chi connectivity index (χ0n) is 14.4. The number of carbonyl (C=O) groups is 1. The van der Waals surface area contributed by atoms with Crippen LogP contribution in [-0.2, 0) is 4.79 Å². The molecule has 0 atom stereocenters. The summed E-state index contributed by atoms with van der Waals surface area (Å²) in [6, 6.07) is 15.2. The number of carbonyl (C=O) groups excluding carboxylic acids is 1. The van der Waals surface area contributed by atoms with Gasteiger partial charge in [-0.3, -0.25) is 4.79 Å². The van der Waals surface area contributed by atoms with Crippen LogP contribution in [0.1, 0.15) is 19.3 Å². The summed E-state index contributed by atoms with van der Waals surface area (Å²) in [5, 5.41) is 0. The average Bonchev–Trinajstić information content (AvgIpc) is 3.08. The highest BCUT2D eigenvalue weighted by molar-refractivity contribution is 5.95. The topological polar surface area (TPSA) is 48.0 Å². The van der Waals surface area contributed by atoms with Crippen molar-refractivity contribution >= 4 is 11.6 Å². The van der Waals surface area contributed by atoms with Gasteiger partial charge in [0.25, 0.3) is 0 Å². The van der Waals surface area contributed by atoms with Gasteiger partial charge in [0.05, 0.1) is 20.3 Å². The molecule has 0 radical (unpaired) electrons. The molecule has 1 aliphatic rings. The van der Waals surface area contributed by atoms with Crippen LogP contribution in [-0.4, -0.2) is 32.8 Å². The van der Waals surface area contributed by atoms with Gasteiger partial charge in [-0.1, -0.05) is 0 Å². The van der Waals surface area contributed by atoms with E-state index >= 15 is 0 Å². The monoisotopic (exact) mass is 341 g/mol. The summed E-state index contributed by atoms with van der Waals surface area (Å²) in [4.78, 5) is 13.6. The Hall–Kier alpha value is -2.69. The van der Waals surface area contributed by atoms with Gasteiger partial charge in [-0.2, -0.15) is 0 Å². The molecular formula is C20H23NO4. The Balaban J connectivity index is 1.37. The summed E-state index contributed by atoms with van der Waals surface area (Å²) in [7, 11) is 1.64. The number of benzene rings is 2. The number of anilines is 1. The van der Waals surface area contributed by atoms with E-state index in [4.69, 9.17) is 14.2 Å². The van der Waals surface area contributed by atoms with Gasteiger partial charge >= 0.3 is 0 Å². The minimum atomic E-state index is 0.198. The molecule has 0 aliphatic carbocycles. The lowest BCUT2D eigenvalue weighted by Gasteiger charge is -2.16. The van der Waals surface area contributed by atoms with Crippen molar-refractivity contribution in [2.24, 2.45) is 0 Å². The van der Waals surface area contributed by atoms with Gasteiger partial charge in [0.1, 0.15) is 17.2 Å². The molecule has 132 valence electrons. The van der Waals surface area contributed by atoms with Crippen LogP contribution >= 0.6 is 0 Å². The number of methoxy groups -OCH3 is 1. The third kappa shape index (κ3) is 4.66. The van der Waals surface area contributed by atoms with E-state index < -0.39 is 0 Å².